The van der Waals surface area contributed by atoms with Gasteiger partial charge in [-0.2, -0.15) is 0 Å². The highest BCUT2D eigenvalue weighted by Crippen LogP contribution is 2.14. The molecule has 0 spiro atoms. The number of hydrogen-bond acceptors (Lipinski definition) is 3. The fourth-order valence-electron chi connectivity index (χ4n) is 3.11. The Morgan fingerprint density at radius 1 is 1.17 bits per heavy atom. The van der Waals surface area contributed by atoms with Crippen molar-refractivity contribution in [3.63, 3.8) is 0 Å². The van der Waals surface area contributed by atoms with Crippen molar-refractivity contribution in [2.45, 2.75) is 32.1 Å². The van der Waals surface area contributed by atoms with Crippen molar-refractivity contribution in [3.05, 3.63) is 35.9 Å². The van der Waals surface area contributed by atoms with Crippen LogP contribution in [0, 0.1) is 5.92 Å². The van der Waals surface area contributed by atoms with E-state index in [4.69, 9.17) is 0 Å². The first-order valence-corrected chi connectivity index (χ1v) is 8.79. The molecule has 2 rings (SSSR count). The maximum atomic E-state index is 12.4. The smallest absolute Gasteiger partial charge is 0.307 e. The monoisotopic (exact) mass is 332 g/mol. The zero-order chi connectivity index (χ0) is 17.4. The molecule has 0 unspecified atom stereocenters. The first-order chi connectivity index (χ1) is 11.6. The van der Waals surface area contributed by atoms with E-state index in [-0.39, 0.29) is 12.3 Å². The van der Waals surface area contributed by atoms with Gasteiger partial charge in [0.25, 0.3) is 0 Å². The molecule has 0 aromatic heterocycles. The van der Waals surface area contributed by atoms with E-state index in [1.807, 2.05) is 30.3 Å². The van der Waals surface area contributed by atoms with E-state index < -0.39 is 11.9 Å². The number of hydrogen-bond donors (Lipinski definition) is 1. The number of benzene rings is 1. The minimum atomic E-state index is -0.906. The molecule has 1 aromatic rings. The number of nitrogens with zero attached hydrogens (tertiary/aromatic N) is 2. The lowest BCUT2D eigenvalue weighted by atomic mass is 9.96. The van der Waals surface area contributed by atoms with Crippen LogP contribution in [-0.4, -0.2) is 60.0 Å². The first-order valence-electron chi connectivity index (χ1n) is 8.79. The van der Waals surface area contributed by atoms with Crippen molar-refractivity contribution in [2.75, 3.05) is 33.2 Å². The summed E-state index contributed by atoms with van der Waals surface area (Å²) in [6, 6.07) is 9.49. The molecule has 5 nitrogen and oxygen atoms in total. The summed E-state index contributed by atoms with van der Waals surface area (Å²) in [4.78, 5) is 27.9. The third kappa shape index (κ3) is 5.96. The molecule has 0 bridgehead atoms. The van der Waals surface area contributed by atoms with Crippen molar-refractivity contribution < 1.29 is 14.7 Å². The van der Waals surface area contributed by atoms with Gasteiger partial charge in [-0.25, -0.2) is 0 Å². The lowest BCUT2D eigenvalue weighted by Crippen LogP contribution is -2.39. The molecule has 1 aliphatic rings. The van der Waals surface area contributed by atoms with Gasteiger partial charge in [-0.3, -0.25) is 9.59 Å². The maximum absolute atomic E-state index is 12.4. The van der Waals surface area contributed by atoms with E-state index in [0.717, 1.165) is 25.2 Å². The standard InChI is InChI=1S/C19H28N2O3/c1-20(12-13-21-10-6-3-7-11-21)18(22)15-17(19(23)24)14-16-8-4-2-5-9-16/h2,4-5,8-9,17H,3,6-7,10-15H2,1H3,(H,23,24)/t17-/m1/s1. The number of likely N-dealkylation sites (tertiary alicyclic amines) is 1. The summed E-state index contributed by atoms with van der Waals surface area (Å²) in [5, 5.41) is 9.42. The number of aliphatic carboxylic acids is 1. The van der Waals surface area contributed by atoms with Gasteiger partial charge in [0.15, 0.2) is 0 Å². The van der Waals surface area contributed by atoms with Gasteiger partial charge in [0.1, 0.15) is 0 Å². The first kappa shape index (κ1) is 18.5. The maximum Gasteiger partial charge on any atom is 0.307 e. The fraction of sp³-hybridized carbons (Fsp3) is 0.579. The predicted molar refractivity (Wildman–Crippen MR) is 93.8 cm³/mol. The number of amides is 1. The average molecular weight is 332 g/mol. The Morgan fingerprint density at radius 3 is 2.46 bits per heavy atom. The second-order valence-electron chi connectivity index (χ2n) is 6.65. The molecule has 24 heavy (non-hydrogen) atoms. The van der Waals surface area contributed by atoms with Crippen molar-refractivity contribution in [3.8, 4) is 0 Å². The van der Waals surface area contributed by atoms with E-state index in [9.17, 15) is 14.7 Å². The van der Waals surface area contributed by atoms with Crippen LogP contribution in [0.3, 0.4) is 0 Å². The molecule has 0 saturated carbocycles. The number of carbonyl (C=O) groups excluding carboxylic acids is 1. The number of carbonyl (C=O) groups is 2. The summed E-state index contributed by atoms with van der Waals surface area (Å²) in [5.41, 5.74) is 0.952. The third-order valence-corrected chi connectivity index (χ3v) is 4.72. The summed E-state index contributed by atoms with van der Waals surface area (Å²) >= 11 is 0. The topological polar surface area (TPSA) is 60.9 Å². The van der Waals surface area contributed by atoms with Crippen molar-refractivity contribution in [2.24, 2.45) is 5.92 Å². The van der Waals surface area contributed by atoms with Gasteiger partial charge in [-0.05, 0) is 37.9 Å². The Balaban J connectivity index is 1.81. The number of piperidine rings is 1. The van der Waals surface area contributed by atoms with Crippen LogP contribution in [0.2, 0.25) is 0 Å². The van der Waals surface area contributed by atoms with Gasteiger partial charge >= 0.3 is 5.97 Å². The molecule has 1 aliphatic heterocycles. The number of rotatable bonds is 8. The summed E-state index contributed by atoms with van der Waals surface area (Å²) in [6.45, 7) is 3.75. The third-order valence-electron chi connectivity index (χ3n) is 4.72. The van der Waals surface area contributed by atoms with Gasteiger partial charge < -0.3 is 14.9 Å². The zero-order valence-corrected chi connectivity index (χ0v) is 14.5. The fourth-order valence-corrected chi connectivity index (χ4v) is 3.11. The van der Waals surface area contributed by atoms with Crippen molar-refractivity contribution >= 4 is 11.9 Å². The minimum absolute atomic E-state index is 0.0563. The molecular formula is C19H28N2O3. The minimum Gasteiger partial charge on any atom is -0.481 e. The molecule has 1 saturated heterocycles. The van der Waals surface area contributed by atoms with Crippen LogP contribution < -0.4 is 0 Å². The van der Waals surface area contributed by atoms with E-state index in [2.05, 4.69) is 4.90 Å². The average Bonchev–Trinajstić information content (AvgIpc) is 2.60. The van der Waals surface area contributed by atoms with Crippen LogP contribution in [0.4, 0.5) is 0 Å². The van der Waals surface area contributed by atoms with E-state index in [1.54, 1.807) is 11.9 Å². The number of carboxylic acid groups (broad SMARTS) is 1. The number of carboxylic acids is 1. The molecule has 1 amide bonds. The molecule has 1 atom stereocenters. The zero-order valence-electron chi connectivity index (χ0n) is 14.5. The van der Waals surface area contributed by atoms with Crippen LogP contribution in [0.15, 0.2) is 30.3 Å². The Morgan fingerprint density at radius 2 is 1.83 bits per heavy atom. The lowest BCUT2D eigenvalue weighted by Gasteiger charge is -2.28. The molecule has 1 N–H and O–H groups in total. The van der Waals surface area contributed by atoms with Gasteiger partial charge in [0.2, 0.25) is 5.91 Å². The second kappa shape index (κ2) is 9.42. The Labute approximate surface area is 144 Å². The molecule has 1 aromatic carbocycles. The molecule has 132 valence electrons. The van der Waals surface area contributed by atoms with Gasteiger partial charge in [0.05, 0.1) is 5.92 Å². The highest BCUT2D eigenvalue weighted by molar-refractivity contribution is 5.82. The Kier molecular flexibility index (Phi) is 7.25. The predicted octanol–water partition coefficient (Wildman–Crippen LogP) is 2.26. The van der Waals surface area contributed by atoms with E-state index in [0.29, 0.717) is 13.0 Å². The van der Waals surface area contributed by atoms with Crippen LogP contribution in [0.5, 0.6) is 0 Å². The molecule has 5 heteroatoms. The Hall–Kier alpha value is -1.88. The van der Waals surface area contributed by atoms with Crippen LogP contribution in [-0.2, 0) is 16.0 Å². The molecule has 1 fully saturated rings. The Bertz CT molecular complexity index is 527. The summed E-state index contributed by atoms with van der Waals surface area (Å²) in [6.07, 6.45) is 4.21. The molecule has 0 radical (unpaired) electrons. The van der Waals surface area contributed by atoms with Gasteiger partial charge in [-0.1, -0.05) is 36.8 Å². The molecular weight excluding hydrogens is 304 g/mol. The van der Waals surface area contributed by atoms with Gasteiger partial charge in [-0.15, -0.1) is 0 Å². The summed E-state index contributed by atoms with van der Waals surface area (Å²) in [5.74, 6) is -1.66. The highest BCUT2D eigenvalue weighted by Gasteiger charge is 2.23. The van der Waals surface area contributed by atoms with Gasteiger partial charge in [0, 0.05) is 26.6 Å². The van der Waals surface area contributed by atoms with Crippen LogP contribution in [0.1, 0.15) is 31.2 Å². The normalized spacial score (nSPS) is 16.5. The quantitative estimate of drug-likeness (QED) is 0.793. The summed E-state index contributed by atoms with van der Waals surface area (Å²) < 4.78 is 0. The largest absolute Gasteiger partial charge is 0.481 e. The molecule has 1 heterocycles. The number of likely N-dealkylation sites (N-methyl/N-ethyl adjacent to an activating group) is 1. The lowest BCUT2D eigenvalue weighted by molar-refractivity contribution is -0.145. The van der Waals surface area contributed by atoms with E-state index in [1.165, 1.54) is 19.3 Å². The highest BCUT2D eigenvalue weighted by atomic mass is 16.4. The summed E-state index contributed by atoms with van der Waals surface area (Å²) in [7, 11) is 1.77. The van der Waals surface area contributed by atoms with Crippen LogP contribution in [0.25, 0.3) is 0 Å². The van der Waals surface area contributed by atoms with E-state index >= 15 is 0 Å². The van der Waals surface area contributed by atoms with Crippen LogP contribution >= 0.6 is 0 Å². The van der Waals surface area contributed by atoms with Crippen molar-refractivity contribution in [1.82, 2.24) is 9.80 Å². The second-order valence-corrected chi connectivity index (χ2v) is 6.65. The SMILES string of the molecule is CN(CCN1CCCCC1)C(=O)C[C@@H](Cc1ccccc1)C(=O)O. The molecule has 0 aliphatic carbocycles. The van der Waals surface area contributed by atoms with Crippen molar-refractivity contribution in [1.29, 1.82) is 0 Å².